The number of methoxy groups -OCH3 is 2. The molecule has 108 valence electrons. The van der Waals surface area contributed by atoms with Gasteiger partial charge in [-0.1, -0.05) is 20.8 Å². The number of ether oxygens (including phenoxy) is 2. The molecule has 0 aromatic heterocycles. The number of rotatable bonds is 4. The molecule has 1 aromatic rings. The molecule has 1 atom stereocenters. The lowest BCUT2D eigenvalue weighted by Crippen LogP contribution is -2.46. The lowest BCUT2D eigenvalue weighted by atomic mass is 9.72. The van der Waals surface area contributed by atoms with Gasteiger partial charge in [0.15, 0.2) is 0 Å². The second kappa shape index (κ2) is 5.69. The van der Waals surface area contributed by atoms with Crippen LogP contribution < -0.4 is 15.2 Å². The first-order chi connectivity index (χ1) is 8.72. The van der Waals surface area contributed by atoms with E-state index in [2.05, 4.69) is 15.9 Å². The topological polar surface area (TPSA) is 64.7 Å². The zero-order chi connectivity index (χ0) is 14.8. The molecule has 0 bridgehead atoms. The van der Waals surface area contributed by atoms with Crippen molar-refractivity contribution in [1.82, 2.24) is 0 Å². The van der Waals surface area contributed by atoms with Crippen molar-refractivity contribution in [3.63, 3.8) is 0 Å². The zero-order valence-corrected chi connectivity index (χ0v) is 13.7. The number of hydrogen-bond acceptors (Lipinski definition) is 4. The van der Waals surface area contributed by atoms with Crippen molar-refractivity contribution >= 4 is 15.9 Å². The molecule has 1 aromatic carbocycles. The lowest BCUT2D eigenvalue weighted by Gasteiger charge is -2.40. The number of hydrogen-bond donors (Lipinski definition) is 2. The summed E-state index contributed by atoms with van der Waals surface area (Å²) in [5.41, 5.74) is 4.85. The third kappa shape index (κ3) is 2.73. The fraction of sp³-hybridized carbons (Fsp3) is 0.571. The van der Waals surface area contributed by atoms with E-state index in [1.807, 2.05) is 20.8 Å². The minimum atomic E-state index is -1.19. The van der Waals surface area contributed by atoms with Crippen molar-refractivity contribution in [2.24, 2.45) is 11.1 Å². The smallest absolute Gasteiger partial charge is 0.142 e. The Morgan fingerprint density at radius 3 is 2.16 bits per heavy atom. The van der Waals surface area contributed by atoms with Gasteiger partial charge in [0.2, 0.25) is 0 Å². The maximum atomic E-state index is 11.0. The quantitative estimate of drug-likeness (QED) is 0.890. The van der Waals surface area contributed by atoms with E-state index in [1.54, 1.807) is 26.4 Å². The van der Waals surface area contributed by atoms with Crippen LogP contribution in [0, 0.1) is 5.41 Å². The Hall–Kier alpha value is -0.780. The van der Waals surface area contributed by atoms with Gasteiger partial charge in [-0.15, -0.1) is 0 Å². The third-order valence-corrected chi connectivity index (χ3v) is 4.22. The molecule has 3 N–H and O–H groups in total. The first-order valence-electron chi connectivity index (χ1n) is 6.06. The van der Waals surface area contributed by atoms with E-state index in [9.17, 15) is 5.11 Å². The highest BCUT2D eigenvalue weighted by atomic mass is 79.9. The van der Waals surface area contributed by atoms with Crippen LogP contribution in [-0.4, -0.2) is 25.9 Å². The van der Waals surface area contributed by atoms with E-state index in [4.69, 9.17) is 15.2 Å². The molecule has 4 nitrogen and oxygen atoms in total. The molecule has 5 heteroatoms. The highest BCUT2D eigenvalue weighted by Crippen LogP contribution is 2.47. The van der Waals surface area contributed by atoms with Crippen LogP contribution in [0.3, 0.4) is 0 Å². The van der Waals surface area contributed by atoms with E-state index < -0.39 is 11.0 Å². The summed E-state index contributed by atoms with van der Waals surface area (Å²) in [6.07, 6.45) is 0. The monoisotopic (exact) mass is 331 g/mol. The van der Waals surface area contributed by atoms with E-state index in [0.29, 0.717) is 21.5 Å². The number of benzene rings is 1. The Kier molecular flexibility index (Phi) is 4.87. The molecule has 0 fully saturated rings. The van der Waals surface area contributed by atoms with Gasteiger partial charge in [-0.3, -0.25) is 0 Å². The normalized spacial score (nSPS) is 14.9. The summed E-state index contributed by atoms with van der Waals surface area (Å²) >= 11 is 3.44. The largest absolute Gasteiger partial charge is 0.495 e. The molecule has 0 saturated heterocycles. The predicted octanol–water partition coefficient (Wildman–Crippen LogP) is 2.66. The molecule has 0 aliphatic heterocycles. The molecule has 0 heterocycles. The van der Waals surface area contributed by atoms with Crippen molar-refractivity contribution in [2.75, 3.05) is 20.8 Å². The molecule has 1 rings (SSSR count). The molecular formula is C14H22BrNO3. The standard InChI is InChI=1S/C14H22BrNO3/c1-13(2,3)14(17,8-16)9-6-7-10(18-4)11(15)12(9)19-5/h6-7,17H,8,16H2,1-5H3. The first-order valence-corrected chi connectivity index (χ1v) is 6.85. The van der Waals surface area contributed by atoms with Crippen LogP contribution in [0.15, 0.2) is 16.6 Å². The van der Waals surface area contributed by atoms with Crippen LogP contribution in [0.5, 0.6) is 11.5 Å². The zero-order valence-electron chi connectivity index (χ0n) is 12.1. The number of aliphatic hydroxyl groups is 1. The maximum Gasteiger partial charge on any atom is 0.142 e. The highest BCUT2D eigenvalue weighted by Gasteiger charge is 2.43. The van der Waals surface area contributed by atoms with Crippen molar-refractivity contribution in [1.29, 1.82) is 0 Å². The van der Waals surface area contributed by atoms with Crippen LogP contribution in [0.25, 0.3) is 0 Å². The first kappa shape index (κ1) is 16.3. The van der Waals surface area contributed by atoms with Gasteiger partial charge < -0.3 is 20.3 Å². The summed E-state index contributed by atoms with van der Waals surface area (Å²) in [7, 11) is 3.14. The SMILES string of the molecule is COc1ccc(C(O)(CN)C(C)(C)C)c(OC)c1Br. The van der Waals surface area contributed by atoms with Crippen LogP contribution in [-0.2, 0) is 5.60 Å². The average Bonchev–Trinajstić information content (AvgIpc) is 2.35. The molecule has 0 aliphatic carbocycles. The van der Waals surface area contributed by atoms with Gasteiger partial charge in [-0.25, -0.2) is 0 Å². The van der Waals surface area contributed by atoms with Gasteiger partial charge in [0.25, 0.3) is 0 Å². The molecule has 0 radical (unpaired) electrons. The van der Waals surface area contributed by atoms with Crippen LogP contribution in [0.2, 0.25) is 0 Å². The van der Waals surface area contributed by atoms with Crippen molar-refractivity contribution in [3.05, 3.63) is 22.2 Å². The molecule has 1 unspecified atom stereocenters. The third-order valence-electron chi connectivity index (χ3n) is 3.47. The van der Waals surface area contributed by atoms with Gasteiger partial charge in [-0.2, -0.15) is 0 Å². The molecular weight excluding hydrogens is 310 g/mol. The van der Waals surface area contributed by atoms with E-state index in [1.165, 1.54) is 0 Å². The minimum Gasteiger partial charge on any atom is -0.495 e. The van der Waals surface area contributed by atoms with Crippen LogP contribution in [0.4, 0.5) is 0 Å². The second-order valence-corrected chi connectivity index (χ2v) is 6.27. The Morgan fingerprint density at radius 2 is 1.79 bits per heavy atom. The Labute approximate surface area is 123 Å². The molecule has 0 amide bonds. The Bertz CT molecular complexity index is 457. The summed E-state index contributed by atoms with van der Waals surface area (Å²) in [6.45, 7) is 5.93. The van der Waals surface area contributed by atoms with Crippen molar-refractivity contribution in [2.45, 2.75) is 26.4 Å². The predicted molar refractivity (Wildman–Crippen MR) is 79.7 cm³/mol. The maximum absolute atomic E-state index is 11.0. The van der Waals surface area contributed by atoms with Crippen molar-refractivity contribution < 1.29 is 14.6 Å². The summed E-state index contributed by atoms with van der Waals surface area (Å²) in [6, 6.07) is 3.58. The van der Waals surface area contributed by atoms with E-state index >= 15 is 0 Å². The fourth-order valence-corrected chi connectivity index (χ4v) is 2.71. The molecule has 0 aliphatic rings. The minimum absolute atomic E-state index is 0.103. The van der Waals surface area contributed by atoms with Crippen LogP contribution >= 0.6 is 15.9 Å². The number of halogens is 1. The fourth-order valence-electron chi connectivity index (χ4n) is 2.04. The van der Waals surface area contributed by atoms with E-state index in [-0.39, 0.29) is 6.54 Å². The molecule has 0 saturated carbocycles. The second-order valence-electron chi connectivity index (χ2n) is 5.48. The van der Waals surface area contributed by atoms with Gasteiger partial charge in [-0.05, 0) is 33.5 Å². The Balaban J connectivity index is 3.54. The Morgan fingerprint density at radius 1 is 1.21 bits per heavy atom. The highest BCUT2D eigenvalue weighted by molar-refractivity contribution is 9.10. The number of nitrogens with two attached hydrogens (primary N) is 1. The summed E-state index contributed by atoms with van der Waals surface area (Å²) in [5, 5.41) is 11.0. The van der Waals surface area contributed by atoms with Crippen LogP contribution in [0.1, 0.15) is 26.3 Å². The van der Waals surface area contributed by atoms with Gasteiger partial charge >= 0.3 is 0 Å². The molecule has 19 heavy (non-hydrogen) atoms. The molecule has 0 spiro atoms. The lowest BCUT2D eigenvalue weighted by molar-refractivity contribution is -0.0573. The summed E-state index contributed by atoms with van der Waals surface area (Å²) in [4.78, 5) is 0. The van der Waals surface area contributed by atoms with Crippen molar-refractivity contribution in [3.8, 4) is 11.5 Å². The van der Waals surface area contributed by atoms with Gasteiger partial charge in [0.1, 0.15) is 21.6 Å². The average molecular weight is 332 g/mol. The van der Waals surface area contributed by atoms with E-state index in [0.717, 1.165) is 0 Å². The summed E-state index contributed by atoms with van der Waals surface area (Å²) < 4.78 is 11.3. The van der Waals surface area contributed by atoms with Gasteiger partial charge in [0.05, 0.1) is 14.2 Å². The summed E-state index contributed by atoms with van der Waals surface area (Å²) in [5.74, 6) is 1.19. The van der Waals surface area contributed by atoms with Gasteiger partial charge in [0, 0.05) is 12.1 Å².